The Morgan fingerprint density at radius 1 is 1.24 bits per heavy atom. The Morgan fingerprint density at radius 2 is 1.90 bits per heavy atom. The zero-order valence-electron chi connectivity index (χ0n) is 13.6. The highest BCUT2D eigenvalue weighted by Gasteiger charge is 2.27. The van der Waals surface area contributed by atoms with Gasteiger partial charge in [0.25, 0.3) is 0 Å². The van der Waals surface area contributed by atoms with Gasteiger partial charge in [0.2, 0.25) is 0 Å². The molecule has 1 N–H and O–H groups in total. The maximum atomic E-state index is 12.3. The summed E-state index contributed by atoms with van der Waals surface area (Å²) in [5.41, 5.74) is 1.35. The second-order valence-corrected chi connectivity index (χ2v) is 7.04. The molecule has 1 aliphatic heterocycles. The summed E-state index contributed by atoms with van der Waals surface area (Å²) in [6, 6.07) is 10.7. The number of anilines is 1. The third-order valence-electron chi connectivity index (χ3n) is 3.78. The van der Waals surface area contributed by atoms with Crippen molar-refractivity contribution in [2.24, 2.45) is 5.41 Å². The van der Waals surface area contributed by atoms with E-state index in [1.807, 2.05) is 11.0 Å². The zero-order chi connectivity index (χ0) is 15.5. The van der Waals surface area contributed by atoms with E-state index in [0.717, 1.165) is 19.6 Å². The van der Waals surface area contributed by atoms with Crippen molar-refractivity contribution in [3.8, 4) is 0 Å². The van der Waals surface area contributed by atoms with Gasteiger partial charge in [0.05, 0.1) is 0 Å². The first-order chi connectivity index (χ1) is 9.87. The van der Waals surface area contributed by atoms with E-state index in [4.69, 9.17) is 0 Å². The van der Waals surface area contributed by atoms with Crippen LogP contribution in [0, 0.1) is 5.41 Å². The van der Waals surface area contributed by atoms with Gasteiger partial charge in [0, 0.05) is 37.9 Å². The highest BCUT2D eigenvalue weighted by Crippen LogP contribution is 2.19. The van der Waals surface area contributed by atoms with E-state index < -0.39 is 0 Å². The SMILES string of the molecule is CC1CN(c2ccccc2)CCN1C(=O)NCC(C)(C)C. The molecule has 21 heavy (non-hydrogen) atoms. The largest absolute Gasteiger partial charge is 0.368 e. The van der Waals surface area contributed by atoms with Gasteiger partial charge in [0.15, 0.2) is 0 Å². The van der Waals surface area contributed by atoms with Crippen LogP contribution in [0.4, 0.5) is 10.5 Å². The van der Waals surface area contributed by atoms with Crippen LogP contribution in [-0.2, 0) is 0 Å². The fourth-order valence-corrected chi connectivity index (χ4v) is 2.57. The maximum Gasteiger partial charge on any atom is 0.317 e. The molecule has 1 atom stereocenters. The first-order valence-electron chi connectivity index (χ1n) is 7.71. The standard InChI is InChI=1S/C17H27N3O/c1-14-12-19(15-8-6-5-7-9-15)10-11-20(14)16(21)18-13-17(2,3)4/h5-9,14H,10-13H2,1-4H3,(H,18,21). The van der Waals surface area contributed by atoms with Crippen LogP contribution < -0.4 is 10.2 Å². The van der Waals surface area contributed by atoms with Crippen LogP contribution in [0.2, 0.25) is 0 Å². The van der Waals surface area contributed by atoms with Gasteiger partial charge in [0.1, 0.15) is 0 Å². The van der Waals surface area contributed by atoms with E-state index in [1.54, 1.807) is 0 Å². The van der Waals surface area contributed by atoms with Crippen molar-refractivity contribution >= 4 is 11.7 Å². The molecule has 0 aromatic heterocycles. The minimum atomic E-state index is 0.0603. The van der Waals surface area contributed by atoms with Gasteiger partial charge in [-0.1, -0.05) is 39.0 Å². The van der Waals surface area contributed by atoms with Crippen LogP contribution >= 0.6 is 0 Å². The molecule has 0 radical (unpaired) electrons. The number of hydrogen-bond donors (Lipinski definition) is 1. The van der Waals surface area contributed by atoms with Crippen molar-refractivity contribution < 1.29 is 4.79 Å². The Labute approximate surface area is 128 Å². The number of carbonyl (C=O) groups excluding carboxylic acids is 1. The number of rotatable bonds is 2. The molecule has 116 valence electrons. The van der Waals surface area contributed by atoms with Crippen molar-refractivity contribution in [3.05, 3.63) is 30.3 Å². The first-order valence-corrected chi connectivity index (χ1v) is 7.71. The number of amides is 2. The Balaban J connectivity index is 1.90. The predicted molar refractivity (Wildman–Crippen MR) is 87.7 cm³/mol. The van der Waals surface area contributed by atoms with E-state index >= 15 is 0 Å². The van der Waals surface area contributed by atoms with Crippen LogP contribution in [0.15, 0.2) is 30.3 Å². The Hall–Kier alpha value is -1.71. The summed E-state index contributed by atoms with van der Waals surface area (Å²) in [4.78, 5) is 16.6. The van der Waals surface area contributed by atoms with E-state index in [2.05, 4.69) is 62.2 Å². The lowest BCUT2D eigenvalue weighted by Gasteiger charge is -2.41. The molecule has 1 heterocycles. The van der Waals surface area contributed by atoms with Crippen LogP contribution in [0.1, 0.15) is 27.7 Å². The molecule has 4 nitrogen and oxygen atoms in total. The molecule has 1 aromatic rings. The molecule has 1 aromatic carbocycles. The summed E-state index contributed by atoms with van der Waals surface area (Å²) in [6.45, 7) is 11.7. The zero-order valence-corrected chi connectivity index (χ0v) is 13.6. The second-order valence-electron chi connectivity index (χ2n) is 7.04. The van der Waals surface area contributed by atoms with Gasteiger partial charge in [-0.05, 0) is 24.5 Å². The second kappa shape index (κ2) is 6.37. The van der Waals surface area contributed by atoms with Crippen molar-refractivity contribution in [3.63, 3.8) is 0 Å². The summed E-state index contributed by atoms with van der Waals surface area (Å²) in [6.07, 6.45) is 0. The first kappa shape index (κ1) is 15.7. The van der Waals surface area contributed by atoms with Gasteiger partial charge in [-0.15, -0.1) is 0 Å². The van der Waals surface area contributed by atoms with Crippen LogP contribution in [0.5, 0.6) is 0 Å². The van der Waals surface area contributed by atoms with Crippen LogP contribution in [0.3, 0.4) is 0 Å². The topological polar surface area (TPSA) is 35.6 Å². The van der Waals surface area contributed by atoms with Gasteiger partial charge in [-0.3, -0.25) is 0 Å². The third kappa shape index (κ3) is 4.38. The van der Waals surface area contributed by atoms with Crippen molar-refractivity contribution in [1.29, 1.82) is 0 Å². The van der Waals surface area contributed by atoms with Gasteiger partial charge in [-0.25, -0.2) is 4.79 Å². The number of carbonyl (C=O) groups is 1. The Bertz CT molecular complexity index is 467. The molecular formula is C17H27N3O. The Morgan fingerprint density at radius 3 is 2.48 bits per heavy atom. The summed E-state index contributed by atoms with van der Waals surface area (Å²) < 4.78 is 0. The molecule has 4 heteroatoms. The lowest BCUT2D eigenvalue weighted by atomic mass is 9.97. The van der Waals surface area contributed by atoms with Crippen LogP contribution in [-0.4, -0.2) is 43.2 Å². The molecule has 0 bridgehead atoms. The van der Waals surface area contributed by atoms with E-state index in [9.17, 15) is 4.79 Å². The van der Waals surface area contributed by atoms with Crippen molar-refractivity contribution in [2.45, 2.75) is 33.7 Å². The number of nitrogens with one attached hydrogen (secondary N) is 1. The molecule has 2 rings (SSSR count). The number of hydrogen-bond acceptors (Lipinski definition) is 2. The summed E-state index contributed by atoms with van der Waals surface area (Å²) in [5.74, 6) is 0. The molecule has 1 fully saturated rings. The minimum Gasteiger partial charge on any atom is -0.368 e. The van der Waals surface area contributed by atoms with Gasteiger partial charge in [-0.2, -0.15) is 0 Å². The fourth-order valence-electron chi connectivity index (χ4n) is 2.57. The molecule has 1 aliphatic rings. The number of urea groups is 1. The predicted octanol–water partition coefficient (Wildman–Crippen LogP) is 2.95. The average Bonchev–Trinajstić information content (AvgIpc) is 2.45. The maximum absolute atomic E-state index is 12.3. The lowest BCUT2D eigenvalue weighted by Crippen LogP contribution is -2.57. The monoisotopic (exact) mass is 289 g/mol. The summed E-state index contributed by atoms with van der Waals surface area (Å²) in [5, 5.41) is 3.05. The summed E-state index contributed by atoms with van der Waals surface area (Å²) >= 11 is 0. The number of nitrogens with zero attached hydrogens (tertiary/aromatic N) is 2. The quantitative estimate of drug-likeness (QED) is 0.908. The number of para-hydroxylation sites is 1. The molecule has 1 unspecified atom stereocenters. The van der Waals surface area contributed by atoms with E-state index in [1.165, 1.54) is 5.69 Å². The molecule has 0 spiro atoms. The molecule has 1 saturated heterocycles. The van der Waals surface area contributed by atoms with Gasteiger partial charge >= 0.3 is 6.03 Å². The molecule has 2 amide bonds. The van der Waals surface area contributed by atoms with Crippen LogP contribution in [0.25, 0.3) is 0 Å². The van der Waals surface area contributed by atoms with Gasteiger partial charge < -0.3 is 15.1 Å². The molecular weight excluding hydrogens is 262 g/mol. The van der Waals surface area contributed by atoms with E-state index in [-0.39, 0.29) is 17.5 Å². The highest BCUT2D eigenvalue weighted by atomic mass is 16.2. The minimum absolute atomic E-state index is 0.0603. The fraction of sp³-hybridized carbons (Fsp3) is 0.588. The van der Waals surface area contributed by atoms with E-state index in [0.29, 0.717) is 6.54 Å². The number of benzene rings is 1. The third-order valence-corrected chi connectivity index (χ3v) is 3.78. The average molecular weight is 289 g/mol. The van der Waals surface area contributed by atoms with Crippen molar-refractivity contribution in [1.82, 2.24) is 10.2 Å². The molecule has 0 aliphatic carbocycles. The molecule has 0 saturated carbocycles. The normalized spacial score (nSPS) is 19.5. The lowest BCUT2D eigenvalue weighted by molar-refractivity contribution is 0.167. The summed E-state index contributed by atoms with van der Waals surface area (Å²) in [7, 11) is 0. The Kier molecular flexibility index (Phi) is 4.76. The van der Waals surface area contributed by atoms with Crippen molar-refractivity contribution in [2.75, 3.05) is 31.1 Å². The number of piperazine rings is 1. The smallest absolute Gasteiger partial charge is 0.317 e. The highest BCUT2D eigenvalue weighted by molar-refractivity contribution is 5.75.